The lowest BCUT2D eigenvalue weighted by Crippen LogP contribution is -2.36. The molecular weight excluding hydrogens is 258 g/mol. The predicted octanol–water partition coefficient (Wildman–Crippen LogP) is 3.77. The third-order valence-electron chi connectivity index (χ3n) is 4.23. The van der Waals surface area contributed by atoms with Crippen LogP contribution in [0.2, 0.25) is 0 Å². The van der Waals surface area contributed by atoms with Crippen molar-refractivity contribution in [2.75, 3.05) is 6.54 Å². The molecule has 0 spiro atoms. The molecule has 0 amide bonds. The number of fused-ring (bicyclic) bond motifs is 1. The Morgan fingerprint density at radius 3 is 2.57 bits per heavy atom. The summed E-state index contributed by atoms with van der Waals surface area (Å²) in [5.41, 5.74) is 4.04. The highest BCUT2D eigenvalue weighted by Crippen LogP contribution is 2.33. The highest BCUT2D eigenvalue weighted by atomic mass is 16.1. The maximum atomic E-state index is 11.7. The van der Waals surface area contributed by atoms with Crippen LogP contribution in [0.1, 0.15) is 36.1 Å². The molecule has 0 fully saturated rings. The molecule has 0 saturated heterocycles. The normalized spacial score (nSPS) is 18.2. The molecule has 2 nitrogen and oxygen atoms in total. The van der Waals surface area contributed by atoms with Crippen LogP contribution in [0.5, 0.6) is 0 Å². The van der Waals surface area contributed by atoms with Crippen LogP contribution in [-0.4, -0.2) is 17.2 Å². The monoisotopic (exact) mass is 279 g/mol. The van der Waals surface area contributed by atoms with Gasteiger partial charge in [-0.3, -0.25) is 9.69 Å². The summed E-state index contributed by atoms with van der Waals surface area (Å²) >= 11 is 0. The van der Waals surface area contributed by atoms with Crippen molar-refractivity contribution in [3.8, 4) is 0 Å². The maximum absolute atomic E-state index is 11.7. The van der Waals surface area contributed by atoms with Gasteiger partial charge in [0.15, 0.2) is 0 Å². The lowest BCUT2D eigenvalue weighted by Gasteiger charge is -2.37. The molecule has 0 saturated carbocycles. The van der Waals surface area contributed by atoms with Crippen LogP contribution < -0.4 is 0 Å². The lowest BCUT2D eigenvalue weighted by molar-refractivity contribution is -0.118. The second-order valence-corrected chi connectivity index (χ2v) is 5.83. The Morgan fingerprint density at radius 1 is 1.10 bits per heavy atom. The standard InChI is InChI=1S/C19H21NO/c1-15(21)13-19-18-10-6-5-9-17(18)11-12-20(19)14-16-7-3-2-4-8-16/h2-10,19H,11-14H2,1H3. The minimum absolute atomic E-state index is 0.215. The van der Waals surface area contributed by atoms with Gasteiger partial charge in [0.05, 0.1) is 0 Å². The van der Waals surface area contributed by atoms with Crippen molar-refractivity contribution in [1.82, 2.24) is 4.90 Å². The third-order valence-corrected chi connectivity index (χ3v) is 4.23. The number of Topliss-reactive ketones (excluding diaryl/α,β-unsaturated/α-hetero) is 1. The number of rotatable bonds is 4. The van der Waals surface area contributed by atoms with Crippen molar-refractivity contribution in [1.29, 1.82) is 0 Å². The Hall–Kier alpha value is -1.93. The second-order valence-electron chi connectivity index (χ2n) is 5.83. The van der Waals surface area contributed by atoms with Gasteiger partial charge >= 0.3 is 0 Å². The van der Waals surface area contributed by atoms with E-state index < -0.39 is 0 Å². The van der Waals surface area contributed by atoms with E-state index in [-0.39, 0.29) is 11.8 Å². The number of nitrogens with zero attached hydrogens (tertiary/aromatic N) is 1. The van der Waals surface area contributed by atoms with E-state index in [2.05, 4.69) is 53.4 Å². The summed E-state index contributed by atoms with van der Waals surface area (Å²) in [7, 11) is 0. The van der Waals surface area contributed by atoms with E-state index >= 15 is 0 Å². The average molecular weight is 279 g/mol. The molecule has 2 heteroatoms. The van der Waals surface area contributed by atoms with Gasteiger partial charge in [-0.05, 0) is 30.0 Å². The molecule has 2 aromatic rings. The second kappa shape index (κ2) is 6.23. The van der Waals surface area contributed by atoms with Gasteiger partial charge in [-0.15, -0.1) is 0 Å². The molecule has 2 aromatic carbocycles. The van der Waals surface area contributed by atoms with Gasteiger partial charge in [0.2, 0.25) is 0 Å². The Bertz CT molecular complexity index is 620. The summed E-state index contributed by atoms with van der Waals surface area (Å²) in [5, 5.41) is 0. The molecule has 0 radical (unpaired) electrons. The molecule has 1 unspecified atom stereocenters. The minimum atomic E-state index is 0.215. The molecule has 21 heavy (non-hydrogen) atoms. The first kappa shape index (κ1) is 14.0. The van der Waals surface area contributed by atoms with E-state index in [0.29, 0.717) is 6.42 Å². The summed E-state index contributed by atoms with van der Waals surface area (Å²) in [4.78, 5) is 14.1. The van der Waals surface area contributed by atoms with Crippen LogP contribution >= 0.6 is 0 Å². The molecule has 1 aliphatic heterocycles. The van der Waals surface area contributed by atoms with Crippen molar-refractivity contribution >= 4 is 5.78 Å². The summed E-state index contributed by atoms with van der Waals surface area (Å²) < 4.78 is 0. The van der Waals surface area contributed by atoms with Crippen LogP contribution in [0, 0.1) is 0 Å². The molecule has 0 N–H and O–H groups in total. The molecule has 108 valence electrons. The maximum Gasteiger partial charge on any atom is 0.131 e. The van der Waals surface area contributed by atoms with Crippen LogP contribution in [-0.2, 0) is 17.8 Å². The largest absolute Gasteiger partial charge is 0.300 e. The fourth-order valence-corrected chi connectivity index (χ4v) is 3.22. The summed E-state index contributed by atoms with van der Waals surface area (Å²) in [5.74, 6) is 0.259. The van der Waals surface area contributed by atoms with E-state index in [4.69, 9.17) is 0 Å². The van der Waals surface area contributed by atoms with Gasteiger partial charge < -0.3 is 0 Å². The molecule has 0 aliphatic carbocycles. The molecule has 1 atom stereocenters. The van der Waals surface area contributed by atoms with E-state index in [9.17, 15) is 4.79 Å². The molecular formula is C19H21NO. The van der Waals surface area contributed by atoms with Crippen LogP contribution in [0.15, 0.2) is 54.6 Å². The van der Waals surface area contributed by atoms with E-state index in [1.165, 1.54) is 16.7 Å². The Kier molecular flexibility index (Phi) is 4.16. The topological polar surface area (TPSA) is 20.3 Å². The van der Waals surface area contributed by atoms with Gasteiger partial charge in [0.25, 0.3) is 0 Å². The van der Waals surface area contributed by atoms with Gasteiger partial charge in [-0.25, -0.2) is 0 Å². The van der Waals surface area contributed by atoms with E-state index in [0.717, 1.165) is 19.5 Å². The van der Waals surface area contributed by atoms with Gasteiger partial charge in [0, 0.05) is 25.6 Å². The SMILES string of the molecule is CC(=O)CC1c2ccccc2CCN1Cc1ccccc1. The highest BCUT2D eigenvalue weighted by molar-refractivity contribution is 5.76. The lowest BCUT2D eigenvalue weighted by atomic mass is 9.89. The summed E-state index contributed by atoms with van der Waals surface area (Å²) in [6, 6.07) is 19.3. The van der Waals surface area contributed by atoms with Gasteiger partial charge in [-0.2, -0.15) is 0 Å². The number of ketones is 1. The highest BCUT2D eigenvalue weighted by Gasteiger charge is 2.27. The van der Waals surface area contributed by atoms with E-state index in [1.807, 2.05) is 6.07 Å². The Labute approximate surface area is 126 Å². The number of hydrogen-bond acceptors (Lipinski definition) is 2. The fraction of sp³-hybridized carbons (Fsp3) is 0.316. The van der Waals surface area contributed by atoms with Gasteiger partial charge in [0.1, 0.15) is 5.78 Å². The van der Waals surface area contributed by atoms with Crippen LogP contribution in [0.25, 0.3) is 0 Å². The van der Waals surface area contributed by atoms with Crippen molar-refractivity contribution in [3.05, 3.63) is 71.3 Å². The minimum Gasteiger partial charge on any atom is -0.300 e. The predicted molar refractivity (Wildman–Crippen MR) is 85.0 cm³/mol. The zero-order chi connectivity index (χ0) is 14.7. The fourth-order valence-electron chi connectivity index (χ4n) is 3.22. The zero-order valence-electron chi connectivity index (χ0n) is 12.5. The number of hydrogen-bond donors (Lipinski definition) is 0. The van der Waals surface area contributed by atoms with Crippen LogP contribution in [0.4, 0.5) is 0 Å². The van der Waals surface area contributed by atoms with Crippen molar-refractivity contribution in [2.24, 2.45) is 0 Å². The number of carbonyl (C=O) groups is 1. The van der Waals surface area contributed by atoms with Crippen molar-refractivity contribution < 1.29 is 4.79 Å². The molecule has 3 rings (SSSR count). The molecule has 1 aliphatic rings. The van der Waals surface area contributed by atoms with E-state index in [1.54, 1.807) is 6.92 Å². The van der Waals surface area contributed by atoms with Crippen LogP contribution in [0.3, 0.4) is 0 Å². The Morgan fingerprint density at radius 2 is 1.81 bits per heavy atom. The summed E-state index contributed by atoms with van der Waals surface area (Å²) in [6.07, 6.45) is 1.67. The number of carbonyl (C=O) groups excluding carboxylic acids is 1. The first-order valence-corrected chi connectivity index (χ1v) is 7.59. The Balaban J connectivity index is 1.88. The first-order chi connectivity index (χ1) is 10.2. The zero-order valence-corrected chi connectivity index (χ0v) is 12.5. The smallest absolute Gasteiger partial charge is 0.131 e. The number of benzene rings is 2. The molecule has 0 bridgehead atoms. The average Bonchev–Trinajstić information content (AvgIpc) is 2.50. The van der Waals surface area contributed by atoms with Crippen molar-refractivity contribution in [3.63, 3.8) is 0 Å². The third kappa shape index (κ3) is 3.22. The quantitative estimate of drug-likeness (QED) is 0.849. The molecule has 0 aromatic heterocycles. The van der Waals surface area contributed by atoms with Crippen molar-refractivity contribution in [2.45, 2.75) is 32.4 Å². The molecule has 1 heterocycles. The first-order valence-electron chi connectivity index (χ1n) is 7.59. The summed E-state index contributed by atoms with van der Waals surface area (Å²) in [6.45, 7) is 3.62. The van der Waals surface area contributed by atoms with Gasteiger partial charge in [-0.1, -0.05) is 54.6 Å².